The highest BCUT2D eigenvalue weighted by Crippen LogP contribution is 2.34. The second kappa shape index (κ2) is 4.84. The maximum Gasteiger partial charge on any atom is 0.231 e. The standard InChI is InChI=1S/C14H17N3O2/c1-3-17-10(2)11(8-16-17)7-15-12-4-5-13-14(6-12)19-9-18-13/h4-6,8,15H,3,7,9H2,1-2H3. The summed E-state index contributed by atoms with van der Waals surface area (Å²) in [5.41, 5.74) is 3.43. The van der Waals surface area contributed by atoms with Crippen LogP contribution >= 0.6 is 0 Å². The number of nitrogens with one attached hydrogen (secondary N) is 1. The molecule has 2 aromatic rings. The van der Waals surface area contributed by atoms with Gasteiger partial charge in [-0.05, 0) is 26.0 Å². The number of benzene rings is 1. The average Bonchev–Trinajstić information content (AvgIpc) is 3.02. The second-order valence-corrected chi connectivity index (χ2v) is 4.49. The van der Waals surface area contributed by atoms with E-state index in [9.17, 15) is 0 Å². The minimum absolute atomic E-state index is 0.307. The third-order valence-corrected chi connectivity index (χ3v) is 3.36. The average molecular weight is 259 g/mol. The molecule has 0 atom stereocenters. The van der Waals surface area contributed by atoms with E-state index < -0.39 is 0 Å². The van der Waals surface area contributed by atoms with Crippen molar-refractivity contribution in [2.45, 2.75) is 26.9 Å². The topological polar surface area (TPSA) is 48.3 Å². The van der Waals surface area contributed by atoms with E-state index in [-0.39, 0.29) is 0 Å². The second-order valence-electron chi connectivity index (χ2n) is 4.49. The number of hydrogen-bond donors (Lipinski definition) is 1. The van der Waals surface area contributed by atoms with E-state index in [4.69, 9.17) is 9.47 Å². The van der Waals surface area contributed by atoms with Gasteiger partial charge in [0.1, 0.15) is 0 Å². The van der Waals surface area contributed by atoms with Gasteiger partial charge in [0.2, 0.25) is 6.79 Å². The summed E-state index contributed by atoms with van der Waals surface area (Å²) in [6.07, 6.45) is 1.92. The Hall–Kier alpha value is -2.17. The molecule has 0 bridgehead atoms. The summed E-state index contributed by atoms with van der Waals surface area (Å²) in [4.78, 5) is 0. The summed E-state index contributed by atoms with van der Waals surface area (Å²) in [6, 6.07) is 5.88. The third-order valence-electron chi connectivity index (χ3n) is 3.36. The summed E-state index contributed by atoms with van der Waals surface area (Å²) in [7, 11) is 0. The molecule has 5 heteroatoms. The van der Waals surface area contributed by atoms with Gasteiger partial charge in [0.25, 0.3) is 0 Å². The highest BCUT2D eigenvalue weighted by atomic mass is 16.7. The molecular formula is C14H17N3O2. The minimum Gasteiger partial charge on any atom is -0.454 e. The number of anilines is 1. The van der Waals surface area contributed by atoms with Crippen molar-refractivity contribution in [1.82, 2.24) is 9.78 Å². The van der Waals surface area contributed by atoms with Gasteiger partial charge >= 0.3 is 0 Å². The van der Waals surface area contributed by atoms with Gasteiger partial charge in [0.05, 0.1) is 6.20 Å². The summed E-state index contributed by atoms with van der Waals surface area (Å²) in [6.45, 7) is 6.14. The molecule has 0 unspecified atom stereocenters. The molecule has 0 saturated heterocycles. The normalized spacial score (nSPS) is 12.7. The number of rotatable bonds is 4. The maximum absolute atomic E-state index is 5.36. The van der Waals surface area contributed by atoms with E-state index in [1.54, 1.807) is 0 Å². The molecule has 0 aliphatic carbocycles. The van der Waals surface area contributed by atoms with E-state index in [0.717, 1.165) is 30.3 Å². The first-order valence-corrected chi connectivity index (χ1v) is 6.42. The number of nitrogens with zero attached hydrogens (tertiary/aromatic N) is 2. The maximum atomic E-state index is 5.36. The third kappa shape index (κ3) is 2.23. The lowest BCUT2D eigenvalue weighted by atomic mass is 10.2. The van der Waals surface area contributed by atoms with E-state index in [1.165, 1.54) is 11.3 Å². The predicted molar refractivity (Wildman–Crippen MR) is 72.5 cm³/mol. The van der Waals surface area contributed by atoms with E-state index in [0.29, 0.717) is 6.79 Å². The first kappa shape index (κ1) is 11.9. The van der Waals surface area contributed by atoms with Crippen molar-refractivity contribution in [1.29, 1.82) is 0 Å². The van der Waals surface area contributed by atoms with Gasteiger partial charge in [0.15, 0.2) is 11.5 Å². The van der Waals surface area contributed by atoms with Crippen LogP contribution in [0.15, 0.2) is 24.4 Å². The smallest absolute Gasteiger partial charge is 0.231 e. The molecule has 1 aromatic heterocycles. The van der Waals surface area contributed by atoms with Crippen LogP contribution in [-0.4, -0.2) is 16.6 Å². The number of hydrogen-bond acceptors (Lipinski definition) is 4. The molecule has 0 spiro atoms. The molecular weight excluding hydrogens is 242 g/mol. The van der Waals surface area contributed by atoms with Crippen molar-refractivity contribution >= 4 is 5.69 Å². The van der Waals surface area contributed by atoms with Crippen molar-refractivity contribution < 1.29 is 9.47 Å². The molecule has 0 fully saturated rings. The summed E-state index contributed by atoms with van der Waals surface area (Å²) in [5, 5.41) is 7.72. The van der Waals surface area contributed by atoms with Crippen molar-refractivity contribution in [3.63, 3.8) is 0 Å². The zero-order chi connectivity index (χ0) is 13.2. The Morgan fingerprint density at radius 2 is 2.16 bits per heavy atom. The Kier molecular flexibility index (Phi) is 3.03. The Labute approximate surface area is 112 Å². The lowest BCUT2D eigenvalue weighted by Crippen LogP contribution is -2.03. The monoisotopic (exact) mass is 259 g/mol. The van der Waals surface area contributed by atoms with Crippen molar-refractivity contribution in [2.24, 2.45) is 0 Å². The SMILES string of the molecule is CCn1ncc(CNc2ccc3c(c2)OCO3)c1C. The lowest BCUT2D eigenvalue weighted by Gasteiger charge is -2.07. The van der Waals surface area contributed by atoms with E-state index in [1.807, 2.05) is 29.1 Å². The zero-order valence-corrected chi connectivity index (χ0v) is 11.1. The molecule has 1 aromatic carbocycles. The number of aryl methyl sites for hydroxylation is 1. The van der Waals surface area contributed by atoms with Crippen LogP contribution in [0.2, 0.25) is 0 Å². The van der Waals surface area contributed by atoms with Crippen molar-refractivity contribution in [3.05, 3.63) is 35.7 Å². The fourth-order valence-electron chi connectivity index (χ4n) is 2.18. The van der Waals surface area contributed by atoms with Crippen LogP contribution in [-0.2, 0) is 13.1 Å². The Balaban J connectivity index is 1.70. The predicted octanol–water partition coefficient (Wildman–Crippen LogP) is 2.55. The highest BCUT2D eigenvalue weighted by Gasteiger charge is 2.13. The Morgan fingerprint density at radius 3 is 2.95 bits per heavy atom. The summed E-state index contributed by atoms with van der Waals surface area (Å²) >= 11 is 0. The molecule has 1 aliphatic heterocycles. The molecule has 0 saturated carbocycles. The van der Waals surface area contributed by atoms with Gasteiger partial charge in [0, 0.05) is 36.1 Å². The number of ether oxygens (including phenoxy) is 2. The van der Waals surface area contributed by atoms with Gasteiger partial charge in [-0.2, -0.15) is 5.10 Å². The first-order valence-electron chi connectivity index (χ1n) is 6.42. The molecule has 1 aliphatic rings. The van der Waals surface area contributed by atoms with Crippen LogP contribution in [0.1, 0.15) is 18.2 Å². The molecule has 0 amide bonds. The quantitative estimate of drug-likeness (QED) is 0.916. The van der Waals surface area contributed by atoms with Crippen molar-refractivity contribution in [2.75, 3.05) is 12.1 Å². The zero-order valence-electron chi connectivity index (χ0n) is 11.1. The summed E-state index contributed by atoms with van der Waals surface area (Å²) < 4.78 is 12.6. The van der Waals surface area contributed by atoms with Crippen LogP contribution < -0.4 is 14.8 Å². The number of aromatic nitrogens is 2. The van der Waals surface area contributed by atoms with Gasteiger partial charge in [-0.15, -0.1) is 0 Å². The lowest BCUT2D eigenvalue weighted by molar-refractivity contribution is 0.174. The van der Waals surface area contributed by atoms with Gasteiger partial charge in [-0.1, -0.05) is 0 Å². The first-order chi connectivity index (χ1) is 9.28. The summed E-state index contributed by atoms with van der Waals surface area (Å²) in [5.74, 6) is 1.60. The van der Waals surface area contributed by atoms with Crippen LogP contribution in [0.5, 0.6) is 11.5 Å². The minimum atomic E-state index is 0.307. The highest BCUT2D eigenvalue weighted by molar-refractivity contribution is 5.55. The fraction of sp³-hybridized carbons (Fsp3) is 0.357. The molecule has 19 heavy (non-hydrogen) atoms. The number of fused-ring (bicyclic) bond motifs is 1. The van der Waals surface area contributed by atoms with Gasteiger partial charge in [-0.25, -0.2) is 0 Å². The largest absolute Gasteiger partial charge is 0.454 e. The van der Waals surface area contributed by atoms with Crippen LogP contribution in [0, 0.1) is 6.92 Å². The Bertz CT molecular complexity index is 592. The van der Waals surface area contributed by atoms with E-state index in [2.05, 4.69) is 24.3 Å². The van der Waals surface area contributed by atoms with Crippen LogP contribution in [0.25, 0.3) is 0 Å². The van der Waals surface area contributed by atoms with Gasteiger partial charge in [-0.3, -0.25) is 4.68 Å². The van der Waals surface area contributed by atoms with Crippen LogP contribution in [0.4, 0.5) is 5.69 Å². The molecule has 5 nitrogen and oxygen atoms in total. The molecule has 0 radical (unpaired) electrons. The van der Waals surface area contributed by atoms with Gasteiger partial charge < -0.3 is 14.8 Å². The fourth-order valence-corrected chi connectivity index (χ4v) is 2.18. The van der Waals surface area contributed by atoms with Crippen LogP contribution in [0.3, 0.4) is 0 Å². The Morgan fingerprint density at radius 1 is 1.32 bits per heavy atom. The molecule has 3 rings (SSSR count). The molecule has 1 N–H and O–H groups in total. The molecule has 2 heterocycles. The van der Waals surface area contributed by atoms with Crippen molar-refractivity contribution in [3.8, 4) is 11.5 Å². The van der Waals surface area contributed by atoms with E-state index >= 15 is 0 Å². The molecule has 100 valence electrons.